The molecule has 1 atom stereocenters. The van der Waals surface area contributed by atoms with Gasteiger partial charge in [0.2, 0.25) is 0 Å². The van der Waals surface area contributed by atoms with Crippen LogP contribution in [0.1, 0.15) is 37.5 Å². The molecule has 1 aliphatic rings. The number of aryl methyl sites for hydroxylation is 2. The van der Waals surface area contributed by atoms with Crippen LogP contribution in [0.5, 0.6) is 0 Å². The third kappa shape index (κ3) is 3.27. The van der Waals surface area contributed by atoms with Crippen molar-refractivity contribution in [3.05, 3.63) is 48.3 Å². The molecule has 1 aliphatic heterocycles. The summed E-state index contributed by atoms with van der Waals surface area (Å²) in [4.78, 5) is 9.47. The van der Waals surface area contributed by atoms with Crippen LogP contribution in [0.3, 0.4) is 0 Å². The fourth-order valence-corrected chi connectivity index (χ4v) is 3.94. The molecule has 1 N–H and O–H groups in total. The largest absolute Gasteiger partial charge is 0.381 e. The van der Waals surface area contributed by atoms with Crippen LogP contribution >= 0.6 is 0 Å². The third-order valence-electron chi connectivity index (χ3n) is 5.46. The van der Waals surface area contributed by atoms with Gasteiger partial charge < -0.3 is 19.2 Å². The lowest BCUT2D eigenvalue weighted by molar-refractivity contribution is 0.0516. The number of hydrogen-bond acceptors (Lipinski definition) is 4. The van der Waals surface area contributed by atoms with Gasteiger partial charge in [0, 0.05) is 39.2 Å². The summed E-state index contributed by atoms with van der Waals surface area (Å²) in [5, 5.41) is 3.76. The normalized spacial score (nSPS) is 17.0. The molecule has 3 aromatic rings. The molecule has 1 aromatic carbocycles. The average Bonchev–Trinajstić information content (AvgIpc) is 3.28. The summed E-state index contributed by atoms with van der Waals surface area (Å²) in [7, 11) is 2.09. The molecule has 4 rings (SSSR count). The molecule has 6 heteroatoms. The first-order valence-corrected chi connectivity index (χ1v) is 9.50. The highest BCUT2D eigenvalue weighted by atomic mass is 16.5. The van der Waals surface area contributed by atoms with Crippen LogP contribution in [0.25, 0.3) is 11.0 Å². The van der Waals surface area contributed by atoms with Crippen molar-refractivity contribution in [1.82, 2.24) is 24.4 Å². The van der Waals surface area contributed by atoms with E-state index in [4.69, 9.17) is 9.72 Å². The van der Waals surface area contributed by atoms with Crippen LogP contribution in [0.15, 0.2) is 36.7 Å². The van der Waals surface area contributed by atoms with Crippen molar-refractivity contribution < 1.29 is 4.74 Å². The van der Waals surface area contributed by atoms with E-state index in [2.05, 4.69) is 57.8 Å². The van der Waals surface area contributed by atoms with Crippen molar-refractivity contribution in [2.45, 2.75) is 38.9 Å². The van der Waals surface area contributed by atoms with Crippen molar-refractivity contribution in [3.63, 3.8) is 0 Å². The molecular weight excluding hydrogens is 326 g/mol. The molecular formula is C20H27N5O. The molecule has 1 saturated heterocycles. The number of para-hydroxylation sites is 2. The van der Waals surface area contributed by atoms with Gasteiger partial charge >= 0.3 is 0 Å². The molecule has 0 unspecified atom stereocenters. The number of hydrogen-bond donors (Lipinski definition) is 1. The fourth-order valence-electron chi connectivity index (χ4n) is 3.94. The Balaban J connectivity index is 1.58. The minimum absolute atomic E-state index is 0.216. The number of benzene rings is 1. The number of aromatic nitrogens is 4. The second kappa shape index (κ2) is 7.60. The first-order valence-electron chi connectivity index (χ1n) is 9.50. The van der Waals surface area contributed by atoms with E-state index >= 15 is 0 Å². The van der Waals surface area contributed by atoms with Gasteiger partial charge in [-0.15, -0.1) is 0 Å². The van der Waals surface area contributed by atoms with Crippen molar-refractivity contribution >= 4 is 11.0 Å². The van der Waals surface area contributed by atoms with Crippen LogP contribution in [0.2, 0.25) is 0 Å². The van der Waals surface area contributed by atoms with E-state index in [-0.39, 0.29) is 6.04 Å². The lowest BCUT2D eigenvalue weighted by Crippen LogP contribution is -2.34. The van der Waals surface area contributed by atoms with Gasteiger partial charge in [-0.05, 0) is 37.8 Å². The lowest BCUT2D eigenvalue weighted by atomic mass is 9.91. The van der Waals surface area contributed by atoms with E-state index in [1.165, 1.54) is 5.52 Å². The van der Waals surface area contributed by atoms with Gasteiger partial charge in [-0.1, -0.05) is 12.1 Å². The quantitative estimate of drug-likeness (QED) is 0.740. The second-order valence-corrected chi connectivity index (χ2v) is 6.96. The first kappa shape index (κ1) is 17.2. The highest BCUT2D eigenvalue weighted by Crippen LogP contribution is 2.30. The zero-order chi connectivity index (χ0) is 17.9. The molecule has 1 fully saturated rings. The number of ether oxygens (including phenoxy) is 1. The summed E-state index contributed by atoms with van der Waals surface area (Å²) in [6, 6.07) is 8.50. The number of fused-ring (bicyclic) bond motifs is 1. The summed E-state index contributed by atoms with van der Waals surface area (Å²) < 4.78 is 9.99. The Kier molecular flexibility index (Phi) is 5.04. The predicted octanol–water partition coefficient (Wildman–Crippen LogP) is 3.05. The molecule has 0 radical (unpaired) electrons. The smallest absolute Gasteiger partial charge is 0.126 e. The topological polar surface area (TPSA) is 56.9 Å². The maximum atomic E-state index is 5.57. The van der Waals surface area contributed by atoms with Gasteiger partial charge in [0.05, 0.1) is 23.6 Å². The van der Waals surface area contributed by atoms with Crippen molar-refractivity contribution in [2.24, 2.45) is 13.0 Å². The molecule has 6 nitrogen and oxygen atoms in total. The van der Waals surface area contributed by atoms with E-state index < -0.39 is 0 Å². The molecule has 26 heavy (non-hydrogen) atoms. The van der Waals surface area contributed by atoms with Crippen LogP contribution in [0.4, 0.5) is 0 Å². The van der Waals surface area contributed by atoms with Crippen LogP contribution in [0, 0.1) is 5.92 Å². The van der Waals surface area contributed by atoms with E-state index in [1.54, 1.807) is 0 Å². The van der Waals surface area contributed by atoms with Gasteiger partial charge in [0.15, 0.2) is 0 Å². The summed E-state index contributed by atoms with van der Waals surface area (Å²) in [5.41, 5.74) is 2.21. The number of nitrogens with zero attached hydrogens (tertiary/aromatic N) is 4. The first-order chi connectivity index (χ1) is 12.8. The molecule has 0 amide bonds. The molecule has 0 aliphatic carbocycles. The predicted molar refractivity (Wildman–Crippen MR) is 102 cm³/mol. The van der Waals surface area contributed by atoms with Crippen LogP contribution in [-0.4, -0.2) is 32.3 Å². The van der Waals surface area contributed by atoms with Crippen molar-refractivity contribution in [3.8, 4) is 0 Å². The molecule has 138 valence electrons. The van der Waals surface area contributed by atoms with Gasteiger partial charge in [-0.3, -0.25) is 0 Å². The molecule has 0 spiro atoms. The Morgan fingerprint density at radius 2 is 2.08 bits per heavy atom. The zero-order valence-corrected chi connectivity index (χ0v) is 15.6. The highest BCUT2D eigenvalue weighted by Gasteiger charge is 2.28. The van der Waals surface area contributed by atoms with Gasteiger partial charge in [-0.25, -0.2) is 9.97 Å². The van der Waals surface area contributed by atoms with Crippen LogP contribution in [-0.2, 0) is 24.9 Å². The number of nitrogens with one attached hydrogen (secondary N) is 1. The van der Waals surface area contributed by atoms with E-state index in [1.807, 2.05) is 12.3 Å². The van der Waals surface area contributed by atoms with E-state index in [9.17, 15) is 0 Å². The number of imidazole rings is 2. The Morgan fingerprint density at radius 1 is 1.27 bits per heavy atom. The molecule has 2 aromatic heterocycles. The van der Waals surface area contributed by atoms with Crippen LogP contribution < -0.4 is 5.32 Å². The summed E-state index contributed by atoms with van der Waals surface area (Å²) in [6.45, 7) is 5.49. The molecule has 0 bridgehead atoms. The Labute approximate surface area is 154 Å². The zero-order valence-electron chi connectivity index (χ0n) is 15.6. The Morgan fingerprint density at radius 3 is 2.85 bits per heavy atom. The highest BCUT2D eigenvalue weighted by molar-refractivity contribution is 5.75. The Hall–Kier alpha value is -2.18. The maximum Gasteiger partial charge on any atom is 0.126 e. The monoisotopic (exact) mass is 353 g/mol. The van der Waals surface area contributed by atoms with Gasteiger partial charge in [-0.2, -0.15) is 0 Å². The summed E-state index contributed by atoms with van der Waals surface area (Å²) in [6.07, 6.45) is 6.11. The summed E-state index contributed by atoms with van der Waals surface area (Å²) in [5.74, 6) is 2.71. The maximum absolute atomic E-state index is 5.57. The second-order valence-electron chi connectivity index (χ2n) is 6.96. The fraction of sp³-hybridized carbons (Fsp3) is 0.500. The standard InChI is InChI=1S/C20H27N5O/c1-3-25-11-10-21-20(25)19(15-8-12-26-13-9-15)22-14-18-23-16-6-4-5-7-17(16)24(18)2/h4-7,10-11,15,19,22H,3,8-9,12-14H2,1-2H3/t19-/m0/s1. The SMILES string of the molecule is CCn1ccnc1[C@@H](NCc1nc2ccccc2n1C)C1CCOCC1. The molecule has 0 saturated carbocycles. The summed E-state index contributed by atoms with van der Waals surface area (Å²) >= 11 is 0. The Bertz CT molecular complexity index is 862. The third-order valence-corrected chi connectivity index (χ3v) is 5.46. The van der Waals surface area contributed by atoms with Crippen molar-refractivity contribution in [2.75, 3.05) is 13.2 Å². The van der Waals surface area contributed by atoms with Crippen molar-refractivity contribution in [1.29, 1.82) is 0 Å². The average molecular weight is 353 g/mol. The van der Waals surface area contributed by atoms with Gasteiger partial charge in [0.25, 0.3) is 0 Å². The molecule has 3 heterocycles. The van der Waals surface area contributed by atoms with Gasteiger partial charge in [0.1, 0.15) is 11.6 Å². The number of rotatable bonds is 6. The lowest BCUT2D eigenvalue weighted by Gasteiger charge is -2.31. The van der Waals surface area contributed by atoms with E-state index in [0.717, 1.165) is 56.3 Å². The minimum atomic E-state index is 0.216. The van der Waals surface area contributed by atoms with E-state index in [0.29, 0.717) is 5.92 Å². The minimum Gasteiger partial charge on any atom is -0.381 e.